The summed E-state index contributed by atoms with van der Waals surface area (Å²) in [5, 5.41) is 19.1. The van der Waals surface area contributed by atoms with Crippen molar-refractivity contribution >= 4 is 11.8 Å². The number of aliphatic carboxylic acids is 1. The van der Waals surface area contributed by atoms with Crippen molar-refractivity contribution in [1.29, 1.82) is 0 Å². The molecule has 1 rings (SSSR count). The molecule has 2 N–H and O–H groups in total. The fourth-order valence-electron chi connectivity index (χ4n) is 4.35. The Kier molecular flexibility index (Phi) is 13.1. The van der Waals surface area contributed by atoms with E-state index in [-0.39, 0.29) is 18.3 Å². The van der Waals surface area contributed by atoms with E-state index >= 15 is 0 Å². The van der Waals surface area contributed by atoms with Crippen molar-refractivity contribution in [3.63, 3.8) is 0 Å². The lowest BCUT2D eigenvalue weighted by molar-refractivity contribution is -0.137. The molecule has 5 nitrogen and oxygen atoms in total. The minimum atomic E-state index is -0.756. The van der Waals surface area contributed by atoms with Crippen LogP contribution in [0, 0.1) is 0 Å². The molecule has 176 valence electrons. The molecule has 0 fully saturated rings. The SMILES string of the molecule is CCCCCC(O)CCCC(CCCCCCC(=O)O)(C(C)=O)c1ccc(OC)cc1. The number of aliphatic hydroxyl groups is 1. The average molecular weight is 435 g/mol. The maximum absolute atomic E-state index is 12.9. The smallest absolute Gasteiger partial charge is 0.303 e. The maximum atomic E-state index is 12.9. The molecule has 5 heteroatoms. The van der Waals surface area contributed by atoms with Crippen LogP contribution in [0.2, 0.25) is 0 Å². The van der Waals surface area contributed by atoms with E-state index in [1.165, 1.54) is 0 Å². The summed E-state index contributed by atoms with van der Waals surface area (Å²) in [6, 6.07) is 7.78. The van der Waals surface area contributed by atoms with Gasteiger partial charge in [0.2, 0.25) is 0 Å². The molecular weight excluding hydrogens is 392 g/mol. The molecule has 0 heterocycles. The van der Waals surface area contributed by atoms with E-state index in [0.717, 1.165) is 69.1 Å². The Morgan fingerprint density at radius 1 is 0.935 bits per heavy atom. The summed E-state index contributed by atoms with van der Waals surface area (Å²) >= 11 is 0. The van der Waals surface area contributed by atoms with E-state index < -0.39 is 11.4 Å². The molecule has 0 saturated carbocycles. The Labute approximate surface area is 188 Å². The van der Waals surface area contributed by atoms with Crippen LogP contribution in [-0.2, 0) is 15.0 Å². The van der Waals surface area contributed by atoms with Crippen LogP contribution in [0.3, 0.4) is 0 Å². The van der Waals surface area contributed by atoms with Gasteiger partial charge in [-0.05, 0) is 63.1 Å². The number of hydrogen-bond acceptors (Lipinski definition) is 4. The first-order valence-corrected chi connectivity index (χ1v) is 11.9. The molecular formula is C26H42O5. The van der Waals surface area contributed by atoms with Crippen molar-refractivity contribution < 1.29 is 24.5 Å². The van der Waals surface area contributed by atoms with Crippen molar-refractivity contribution in [2.75, 3.05) is 7.11 Å². The zero-order valence-electron chi connectivity index (χ0n) is 19.7. The first-order valence-electron chi connectivity index (χ1n) is 11.9. The largest absolute Gasteiger partial charge is 0.497 e. The number of carbonyl (C=O) groups is 2. The highest BCUT2D eigenvalue weighted by Crippen LogP contribution is 2.38. The van der Waals surface area contributed by atoms with Gasteiger partial charge in [0.1, 0.15) is 11.5 Å². The standard InChI is InChI=1S/C26H42O5/c1-4-5-8-12-23(28)13-11-20-26(21(2)27,19-10-7-6-9-14-25(29)30)22-15-17-24(31-3)18-16-22/h15-18,23,28H,4-14,19-20H2,1-3H3,(H,29,30). The van der Waals surface area contributed by atoms with Gasteiger partial charge >= 0.3 is 5.97 Å². The number of carboxylic acid groups (broad SMARTS) is 1. The molecule has 0 aliphatic rings. The summed E-state index contributed by atoms with van der Waals surface area (Å²) in [7, 11) is 1.63. The fourth-order valence-corrected chi connectivity index (χ4v) is 4.35. The van der Waals surface area contributed by atoms with Gasteiger partial charge in [0, 0.05) is 6.42 Å². The first kappa shape index (κ1) is 27.2. The van der Waals surface area contributed by atoms with Crippen LogP contribution in [0.4, 0.5) is 0 Å². The summed E-state index contributed by atoms with van der Waals surface area (Å²) in [6.07, 6.45) is 10.4. The number of hydrogen-bond donors (Lipinski definition) is 2. The molecule has 0 radical (unpaired) electrons. The molecule has 1 aromatic rings. The van der Waals surface area contributed by atoms with Crippen molar-refractivity contribution in [2.24, 2.45) is 0 Å². The average Bonchev–Trinajstić information content (AvgIpc) is 2.74. The van der Waals surface area contributed by atoms with E-state index in [2.05, 4.69) is 6.92 Å². The molecule has 0 spiro atoms. The molecule has 0 saturated heterocycles. The molecule has 0 aromatic heterocycles. The van der Waals surface area contributed by atoms with Gasteiger partial charge in [0.15, 0.2) is 0 Å². The van der Waals surface area contributed by atoms with Crippen molar-refractivity contribution in [3.8, 4) is 5.75 Å². The molecule has 0 bridgehead atoms. The number of ketones is 1. The normalized spacial score (nSPS) is 14.1. The van der Waals surface area contributed by atoms with Crippen LogP contribution in [0.25, 0.3) is 0 Å². The molecule has 0 aliphatic carbocycles. The van der Waals surface area contributed by atoms with Gasteiger partial charge in [0.25, 0.3) is 0 Å². The molecule has 31 heavy (non-hydrogen) atoms. The number of ether oxygens (including phenoxy) is 1. The highest BCUT2D eigenvalue weighted by atomic mass is 16.5. The zero-order valence-corrected chi connectivity index (χ0v) is 19.7. The second-order valence-corrected chi connectivity index (χ2v) is 8.72. The van der Waals surface area contributed by atoms with E-state index in [9.17, 15) is 14.7 Å². The van der Waals surface area contributed by atoms with E-state index in [1.54, 1.807) is 14.0 Å². The van der Waals surface area contributed by atoms with Crippen LogP contribution in [-0.4, -0.2) is 35.2 Å². The summed E-state index contributed by atoms with van der Waals surface area (Å²) in [6.45, 7) is 3.83. The van der Waals surface area contributed by atoms with Gasteiger partial charge in [-0.1, -0.05) is 57.6 Å². The Hall–Kier alpha value is -1.88. The van der Waals surface area contributed by atoms with Gasteiger partial charge in [-0.2, -0.15) is 0 Å². The number of methoxy groups -OCH3 is 1. The minimum absolute atomic E-state index is 0.156. The second-order valence-electron chi connectivity index (χ2n) is 8.72. The van der Waals surface area contributed by atoms with Gasteiger partial charge in [0.05, 0.1) is 18.6 Å². The lowest BCUT2D eigenvalue weighted by Crippen LogP contribution is -2.34. The monoisotopic (exact) mass is 434 g/mol. The van der Waals surface area contributed by atoms with Crippen LogP contribution >= 0.6 is 0 Å². The summed E-state index contributed by atoms with van der Waals surface area (Å²) in [4.78, 5) is 23.6. The quantitative estimate of drug-likeness (QED) is 0.274. The van der Waals surface area contributed by atoms with E-state index in [4.69, 9.17) is 9.84 Å². The Bertz CT molecular complexity index is 640. The number of Topliss-reactive ketones (excluding diaryl/α,β-unsaturated/α-hetero) is 1. The van der Waals surface area contributed by atoms with Crippen LogP contribution in [0.1, 0.15) is 103 Å². The summed E-state index contributed by atoms with van der Waals surface area (Å²) in [5.41, 5.74) is 0.439. The topological polar surface area (TPSA) is 83.8 Å². The minimum Gasteiger partial charge on any atom is -0.497 e. The second kappa shape index (κ2) is 15.0. The number of rotatable bonds is 18. The lowest BCUT2D eigenvalue weighted by Gasteiger charge is -2.33. The lowest BCUT2D eigenvalue weighted by atomic mass is 9.69. The highest BCUT2D eigenvalue weighted by Gasteiger charge is 2.36. The molecule has 0 amide bonds. The van der Waals surface area contributed by atoms with Crippen molar-refractivity contribution in [2.45, 2.75) is 109 Å². The van der Waals surface area contributed by atoms with Crippen LogP contribution in [0.15, 0.2) is 24.3 Å². The number of carbonyl (C=O) groups excluding carboxylic acids is 1. The summed E-state index contributed by atoms with van der Waals surface area (Å²) in [5.74, 6) is 0.165. The van der Waals surface area contributed by atoms with Gasteiger partial charge < -0.3 is 14.9 Å². The van der Waals surface area contributed by atoms with Gasteiger partial charge in [-0.25, -0.2) is 0 Å². The van der Waals surface area contributed by atoms with E-state index in [0.29, 0.717) is 19.3 Å². The fraction of sp³-hybridized carbons (Fsp3) is 0.692. The van der Waals surface area contributed by atoms with Crippen molar-refractivity contribution in [1.82, 2.24) is 0 Å². The number of carboxylic acids is 1. The summed E-state index contributed by atoms with van der Waals surface area (Å²) < 4.78 is 5.28. The third-order valence-corrected chi connectivity index (χ3v) is 6.34. The Morgan fingerprint density at radius 3 is 2.13 bits per heavy atom. The third-order valence-electron chi connectivity index (χ3n) is 6.34. The molecule has 2 atom stereocenters. The molecule has 2 unspecified atom stereocenters. The maximum Gasteiger partial charge on any atom is 0.303 e. The third kappa shape index (κ3) is 9.86. The highest BCUT2D eigenvalue weighted by molar-refractivity contribution is 5.88. The predicted molar refractivity (Wildman–Crippen MR) is 125 cm³/mol. The molecule has 1 aromatic carbocycles. The Morgan fingerprint density at radius 2 is 1.55 bits per heavy atom. The number of benzene rings is 1. The number of unbranched alkanes of at least 4 members (excludes halogenated alkanes) is 5. The van der Waals surface area contributed by atoms with Gasteiger partial charge in [-0.15, -0.1) is 0 Å². The zero-order chi connectivity index (χ0) is 23.1. The first-order chi connectivity index (χ1) is 14.9. The van der Waals surface area contributed by atoms with Crippen molar-refractivity contribution in [3.05, 3.63) is 29.8 Å². The van der Waals surface area contributed by atoms with Crippen LogP contribution in [0.5, 0.6) is 5.75 Å². The Balaban J connectivity index is 2.82. The van der Waals surface area contributed by atoms with Gasteiger partial charge in [-0.3, -0.25) is 9.59 Å². The predicted octanol–water partition coefficient (Wildman–Crippen LogP) is 6.06. The van der Waals surface area contributed by atoms with Crippen LogP contribution < -0.4 is 4.74 Å². The number of aliphatic hydroxyl groups excluding tert-OH is 1. The molecule has 0 aliphatic heterocycles. The van der Waals surface area contributed by atoms with E-state index in [1.807, 2.05) is 24.3 Å².